The zero-order valence-electron chi connectivity index (χ0n) is 20.3. The van der Waals surface area contributed by atoms with Crippen LogP contribution in [0.25, 0.3) is 22.4 Å². The predicted molar refractivity (Wildman–Crippen MR) is 144 cm³/mol. The van der Waals surface area contributed by atoms with Gasteiger partial charge in [0.25, 0.3) is 11.5 Å². The van der Waals surface area contributed by atoms with E-state index in [9.17, 15) is 18.0 Å². The Morgan fingerprint density at radius 2 is 1.85 bits per heavy atom. The lowest BCUT2D eigenvalue weighted by Crippen LogP contribution is -2.23. The van der Waals surface area contributed by atoms with Gasteiger partial charge in [-0.2, -0.15) is 9.50 Å². The third-order valence-corrected chi connectivity index (χ3v) is 7.32. The van der Waals surface area contributed by atoms with Crippen LogP contribution in [0.4, 0.5) is 5.69 Å². The molecule has 5 rings (SSSR count). The van der Waals surface area contributed by atoms with Crippen molar-refractivity contribution in [3.8, 4) is 22.9 Å². The Kier molecular flexibility index (Phi) is 7.06. The molecule has 0 aliphatic rings. The molecular formula is C25H20N6O6S2. The summed E-state index contributed by atoms with van der Waals surface area (Å²) in [4.78, 5) is 34.0. The molecule has 14 heteroatoms. The second-order valence-electron chi connectivity index (χ2n) is 8.10. The molecule has 5 aromatic rings. The molecule has 0 aliphatic carbocycles. The van der Waals surface area contributed by atoms with Gasteiger partial charge in [-0.25, -0.2) is 13.6 Å². The van der Waals surface area contributed by atoms with Crippen molar-refractivity contribution in [2.24, 2.45) is 5.14 Å². The van der Waals surface area contributed by atoms with Gasteiger partial charge >= 0.3 is 0 Å². The number of fused-ring (bicyclic) bond motifs is 1. The van der Waals surface area contributed by atoms with E-state index < -0.39 is 15.9 Å². The summed E-state index contributed by atoms with van der Waals surface area (Å²) in [5, 5.41) is 12.0. The average molecular weight is 565 g/mol. The van der Waals surface area contributed by atoms with Crippen LogP contribution in [-0.2, 0) is 14.8 Å². The van der Waals surface area contributed by atoms with Crippen LogP contribution in [0.3, 0.4) is 0 Å². The van der Waals surface area contributed by atoms with Crippen molar-refractivity contribution in [3.05, 3.63) is 87.4 Å². The molecule has 39 heavy (non-hydrogen) atoms. The Hall–Kier alpha value is -4.66. The van der Waals surface area contributed by atoms with Crippen LogP contribution in [0.5, 0.6) is 11.5 Å². The van der Waals surface area contributed by atoms with Gasteiger partial charge in [0.15, 0.2) is 23.9 Å². The summed E-state index contributed by atoms with van der Waals surface area (Å²) in [6, 6.07) is 14.0. The second-order valence-corrected chi connectivity index (χ2v) is 10.7. The number of nitrogens with two attached hydrogens (primary N) is 1. The monoisotopic (exact) mass is 564 g/mol. The maximum atomic E-state index is 12.9. The van der Waals surface area contributed by atoms with Crippen molar-refractivity contribution < 1.29 is 22.7 Å². The quantitative estimate of drug-likeness (QED) is 0.283. The third-order valence-electron chi connectivity index (χ3n) is 5.43. The summed E-state index contributed by atoms with van der Waals surface area (Å²) in [7, 11) is -2.36. The second kappa shape index (κ2) is 10.6. The summed E-state index contributed by atoms with van der Waals surface area (Å²) in [5.74, 6) is 0.662. The van der Waals surface area contributed by atoms with E-state index in [4.69, 9.17) is 14.6 Å². The highest BCUT2D eigenvalue weighted by Gasteiger charge is 2.13. The van der Waals surface area contributed by atoms with Crippen LogP contribution in [0.15, 0.2) is 76.7 Å². The number of nitrogens with zero attached hydrogens (tertiary/aromatic N) is 4. The molecule has 2 aromatic carbocycles. The third kappa shape index (κ3) is 5.77. The lowest BCUT2D eigenvalue weighted by Gasteiger charge is -2.11. The zero-order chi connectivity index (χ0) is 27.6. The first-order valence-electron chi connectivity index (χ1n) is 11.3. The Bertz CT molecular complexity index is 1890. The smallest absolute Gasteiger partial charge is 0.291 e. The number of nitrogens with one attached hydrogen (secondary N) is 1. The number of sulfonamides is 1. The van der Waals surface area contributed by atoms with E-state index in [-0.39, 0.29) is 17.1 Å². The topological polar surface area (TPSA) is 168 Å². The van der Waals surface area contributed by atoms with Crippen LogP contribution in [0.1, 0.15) is 5.56 Å². The molecule has 198 valence electrons. The molecule has 1 amide bonds. The van der Waals surface area contributed by atoms with Gasteiger partial charge in [-0.1, -0.05) is 17.4 Å². The van der Waals surface area contributed by atoms with Gasteiger partial charge in [0, 0.05) is 23.6 Å². The molecule has 0 unspecified atom stereocenters. The van der Waals surface area contributed by atoms with Crippen molar-refractivity contribution in [3.63, 3.8) is 0 Å². The fraction of sp³-hybridized carbons (Fsp3) is 0.0800. The van der Waals surface area contributed by atoms with Crippen molar-refractivity contribution in [1.29, 1.82) is 0 Å². The number of benzene rings is 2. The number of anilines is 1. The lowest BCUT2D eigenvalue weighted by molar-refractivity contribution is -0.118. The van der Waals surface area contributed by atoms with Crippen LogP contribution >= 0.6 is 11.3 Å². The lowest BCUT2D eigenvalue weighted by atomic mass is 10.2. The number of ether oxygens (including phenoxy) is 2. The summed E-state index contributed by atoms with van der Waals surface area (Å²) < 4.78 is 35.4. The Morgan fingerprint density at radius 1 is 1.10 bits per heavy atom. The molecule has 3 aromatic heterocycles. The van der Waals surface area contributed by atoms with Gasteiger partial charge in [0.1, 0.15) is 0 Å². The standard InChI is InChI=1S/C25H20N6O6S2/c1-36-20-12-15(13-21-24(33)31-25(38-21)29-23(30-31)16-8-10-27-11-9-16)2-7-19(20)37-14-22(32)28-17-3-5-18(6-4-17)39(26,34)35/h2-13H,14H2,1H3,(H,28,32)(H2,26,34,35)/b21-13-. The number of carbonyl (C=O) groups is 1. The van der Waals surface area contributed by atoms with E-state index in [0.717, 1.165) is 5.56 Å². The van der Waals surface area contributed by atoms with Gasteiger partial charge in [-0.15, -0.1) is 5.10 Å². The number of pyridine rings is 1. The van der Waals surface area contributed by atoms with Gasteiger partial charge in [0.05, 0.1) is 16.5 Å². The molecule has 0 bridgehead atoms. The highest BCUT2D eigenvalue weighted by Crippen LogP contribution is 2.28. The zero-order valence-corrected chi connectivity index (χ0v) is 21.9. The number of hydrogen-bond donors (Lipinski definition) is 2. The first-order valence-corrected chi connectivity index (χ1v) is 13.6. The molecule has 3 heterocycles. The molecular weight excluding hydrogens is 544 g/mol. The highest BCUT2D eigenvalue weighted by atomic mass is 32.2. The van der Waals surface area contributed by atoms with Crippen molar-refractivity contribution in [1.82, 2.24) is 19.6 Å². The fourth-order valence-electron chi connectivity index (χ4n) is 3.57. The number of primary sulfonamides is 1. The van der Waals surface area contributed by atoms with Crippen molar-refractivity contribution in [2.45, 2.75) is 4.90 Å². The molecule has 0 radical (unpaired) electrons. The largest absolute Gasteiger partial charge is 0.493 e. The minimum Gasteiger partial charge on any atom is -0.493 e. The number of thiazole rings is 1. The molecule has 0 fully saturated rings. The maximum Gasteiger partial charge on any atom is 0.291 e. The number of amides is 1. The summed E-state index contributed by atoms with van der Waals surface area (Å²) in [6.45, 7) is -0.325. The average Bonchev–Trinajstić information content (AvgIpc) is 3.47. The van der Waals surface area contributed by atoms with E-state index in [0.29, 0.717) is 38.1 Å². The number of rotatable bonds is 8. The van der Waals surface area contributed by atoms with Crippen molar-refractivity contribution in [2.75, 3.05) is 19.0 Å². The van der Waals surface area contributed by atoms with Crippen molar-refractivity contribution >= 4 is 44.0 Å². The van der Waals surface area contributed by atoms with E-state index in [1.54, 1.807) is 48.8 Å². The number of hydrogen-bond acceptors (Lipinski definition) is 10. The molecule has 0 saturated carbocycles. The Labute approximate surface area is 225 Å². The highest BCUT2D eigenvalue weighted by molar-refractivity contribution is 7.89. The van der Waals surface area contributed by atoms with Crippen LogP contribution in [-0.4, -0.2) is 47.6 Å². The van der Waals surface area contributed by atoms with Crippen LogP contribution in [0, 0.1) is 0 Å². The number of carbonyl (C=O) groups excluding carboxylic acids is 1. The normalized spacial score (nSPS) is 12.0. The SMILES string of the molecule is COc1cc(/C=c2\sc3nc(-c4ccncc4)nn3c2=O)ccc1OCC(=O)Nc1ccc(S(N)(=O)=O)cc1. The first-order chi connectivity index (χ1) is 18.7. The minimum atomic E-state index is -3.82. The number of methoxy groups -OCH3 is 1. The first kappa shape index (κ1) is 26.0. The summed E-state index contributed by atoms with van der Waals surface area (Å²) in [6.07, 6.45) is 4.96. The Morgan fingerprint density at radius 3 is 2.51 bits per heavy atom. The minimum absolute atomic E-state index is 0.0648. The molecule has 3 N–H and O–H groups in total. The Balaban J connectivity index is 1.29. The van der Waals surface area contributed by atoms with Gasteiger partial charge in [-0.05, 0) is 60.2 Å². The van der Waals surface area contributed by atoms with Gasteiger partial charge in [0.2, 0.25) is 15.0 Å². The predicted octanol–water partition coefficient (Wildman–Crippen LogP) is 1.43. The van der Waals surface area contributed by atoms with Gasteiger partial charge < -0.3 is 14.8 Å². The number of aromatic nitrogens is 4. The summed E-state index contributed by atoms with van der Waals surface area (Å²) >= 11 is 1.21. The van der Waals surface area contributed by atoms with E-state index in [2.05, 4.69) is 20.4 Å². The van der Waals surface area contributed by atoms with E-state index in [1.165, 1.54) is 47.2 Å². The molecule has 0 saturated heterocycles. The van der Waals surface area contributed by atoms with Crippen LogP contribution in [0.2, 0.25) is 0 Å². The molecule has 12 nitrogen and oxygen atoms in total. The van der Waals surface area contributed by atoms with Gasteiger partial charge in [-0.3, -0.25) is 14.6 Å². The van der Waals surface area contributed by atoms with E-state index >= 15 is 0 Å². The maximum absolute atomic E-state index is 12.9. The molecule has 0 aliphatic heterocycles. The molecule has 0 atom stereocenters. The fourth-order valence-corrected chi connectivity index (χ4v) is 4.99. The van der Waals surface area contributed by atoms with E-state index in [1.807, 2.05) is 0 Å². The summed E-state index contributed by atoms with van der Waals surface area (Å²) in [5.41, 5.74) is 1.52. The molecule has 0 spiro atoms. The van der Waals surface area contributed by atoms with Crippen LogP contribution < -0.4 is 30.0 Å².